The van der Waals surface area contributed by atoms with Gasteiger partial charge in [0.1, 0.15) is 0 Å². The predicted octanol–water partition coefficient (Wildman–Crippen LogP) is 3.30. The highest BCUT2D eigenvalue weighted by molar-refractivity contribution is 7.91. The van der Waals surface area contributed by atoms with E-state index >= 15 is 0 Å². The van der Waals surface area contributed by atoms with Gasteiger partial charge in [0.15, 0.2) is 9.84 Å². The van der Waals surface area contributed by atoms with Crippen LogP contribution in [0.3, 0.4) is 0 Å². The van der Waals surface area contributed by atoms with Crippen LogP contribution in [0.1, 0.15) is 27.2 Å². The van der Waals surface area contributed by atoms with E-state index in [-0.39, 0.29) is 11.3 Å². The summed E-state index contributed by atoms with van der Waals surface area (Å²) in [4.78, 5) is 0.345. The van der Waals surface area contributed by atoms with E-state index in [1.165, 1.54) is 0 Å². The van der Waals surface area contributed by atoms with Crippen molar-refractivity contribution in [2.45, 2.75) is 37.6 Å². The topological polar surface area (TPSA) is 46.2 Å². The first-order valence-corrected chi connectivity index (χ1v) is 8.23. The molecule has 0 aliphatic carbocycles. The van der Waals surface area contributed by atoms with Crippen molar-refractivity contribution in [2.75, 3.05) is 16.9 Å². The van der Waals surface area contributed by atoms with Gasteiger partial charge in [0.25, 0.3) is 0 Å². The fourth-order valence-electron chi connectivity index (χ4n) is 1.54. The number of anilines is 1. The second kappa shape index (κ2) is 5.93. The van der Waals surface area contributed by atoms with Crippen molar-refractivity contribution in [2.24, 2.45) is 0 Å². The molecule has 1 rings (SSSR count). The van der Waals surface area contributed by atoms with Gasteiger partial charge in [0, 0.05) is 11.4 Å². The number of hydrogen-bond donors (Lipinski definition) is 1. The highest BCUT2D eigenvalue weighted by Crippen LogP contribution is 2.27. The molecule has 3 nitrogen and oxygen atoms in total. The number of nitrogens with one attached hydrogen (secondary N) is 1. The molecule has 102 valence electrons. The quantitative estimate of drug-likeness (QED) is 0.817. The predicted molar refractivity (Wildman–Crippen MR) is 77.2 cm³/mol. The van der Waals surface area contributed by atoms with Crippen LogP contribution in [0.4, 0.5) is 5.69 Å². The zero-order chi connectivity index (χ0) is 13.8. The molecule has 0 fully saturated rings. The van der Waals surface area contributed by atoms with Crippen molar-refractivity contribution in [3.63, 3.8) is 0 Å². The minimum Gasteiger partial charge on any atom is -0.378 e. The van der Waals surface area contributed by atoms with Gasteiger partial charge < -0.3 is 5.32 Å². The lowest BCUT2D eigenvalue weighted by Crippen LogP contribution is -2.36. The SMILES string of the molecule is CCC(C)(CCl)Nc1ccccc1S(=O)(=O)CC. The maximum Gasteiger partial charge on any atom is 0.180 e. The van der Waals surface area contributed by atoms with Gasteiger partial charge in [-0.2, -0.15) is 0 Å². The molecule has 0 amide bonds. The Morgan fingerprint density at radius 1 is 1.28 bits per heavy atom. The molecule has 0 aliphatic rings. The summed E-state index contributed by atoms with van der Waals surface area (Å²) in [5.74, 6) is 0.513. The smallest absolute Gasteiger partial charge is 0.180 e. The maximum atomic E-state index is 12.0. The van der Waals surface area contributed by atoms with E-state index in [2.05, 4.69) is 5.32 Å². The van der Waals surface area contributed by atoms with Crippen LogP contribution in [0.5, 0.6) is 0 Å². The molecule has 18 heavy (non-hydrogen) atoms. The molecule has 5 heteroatoms. The Hall–Kier alpha value is -0.740. The van der Waals surface area contributed by atoms with Crippen LogP contribution in [0.15, 0.2) is 29.2 Å². The van der Waals surface area contributed by atoms with Gasteiger partial charge in [0.2, 0.25) is 0 Å². The van der Waals surface area contributed by atoms with Gasteiger partial charge in [-0.05, 0) is 25.5 Å². The number of rotatable bonds is 6. The lowest BCUT2D eigenvalue weighted by atomic mass is 10.0. The summed E-state index contributed by atoms with van der Waals surface area (Å²) >= 11 is 5.95. The minimum atomic E-state index is -3.22. The number of benzene rings is 1. The third-order valence-corrected chi connectivity index (χ3v) is 5.49. The Balaban J connectivity index is 3.19. The molecule has 1 aromatic carbocycles. The molecular weight excluding hydrogens is 270 g/mol. The second-order valence-corrected chi connectivity index (χ2v) is 7.09. The van der Waals surface area contributed by atoms with Gasteiger partial charge in [-0.3, -0.25) is 0 Å². The maximum absolute atomic E-state index is 12.0. The fraction of sp³-hybridized carbons (Fsp3) is 0.538. The van der Waals surface area contributed by atoms with Gasteiger partial charge in [0.05, 0.1) is 16.3 Å². The molecule has 1 N–H and O–H groups in total. The molecule has 0 saturated heterocycles. The summed E-state index contributed by atoms with van der Waals surface area (Å²) in [6.45, 7) is 5.65. The second-order valence-electron chi connectivity index (χ2n) is 4.57. The van der Waals surface area contributed by atoms with Gasteiger partial charge in [-0.15, -0.1) is 11.6 Å². The van der Waals surface area contributed by atoms with E-state index in [1.54, 1.807) is 25.1 Å². The monoisotopic (exact) mass is 289 g/mol. The number of hydrogen-bond acceptors (Lipinski definition) is 3. The molecule has 0 aromatic heterocycles. The Kier molecular flexibility index (Phi) is 5.05. The van der Waals surface area contributed by atoms with Crippen LogP contribution in [-0.4, -0.2) is 25.6 Å². The summed E-state index contributed by atoms with van der Waals surface area (Å²) in [5.41, 5.74) is 0.324. The zero-order valence-corrected chi connectivity index (χ0v) is 12.6. The average Bonchev–Trinajstić information content (AvgIpc) is 2.39. The minimum absolute atomic E-state index is 0.0927. The molecule has 1 atom stereocenters. The molecule has 1 unspecified atom stereocenters. The van der Waals surface area contributed by atoms with Crippen LogP contribution >= 0.6 is 11.6 Å². The molecule has 0 aliphatic heterocycles. The standard InChI is InChI=1S/C13H20ClNO2S/c1-4-13(3,10-14)15-11-8-6-7-9-12(11)18(16,17)5-2/h6-9,15H,4-5,10H2,1-3H3. The van der Waals surface area contributed by atoms with E-state index < -0.39 is 9.84 Å². The molecule has 0 saturated carbocycles. The Morgan fingerprint density at radius 3 is 2.39 bits per heavy atom. The lowest BCUT2D eigenvalue weighted by molar-refractivity contribution is 0.551. The summed E-state index contributed by atoms with van der Waals surface area (Å²) in [6, 6.07) is 6.97. The summed E-state index contributed by atoms with van der Waals surface area (Å²) in [7, 11) is -3.22. The molecule has 0 heterocycles. The van der Waals surface area contributed by atoms with Gasteiger partial charge in [-0.25, -0.2) is 8.42 Å². The Bertz CT molecular complexity index is 495. The normalized spacial score (nSPS) is 15.1. The Morgan fingerprint density at radius 2 is 1.89 bits per heavy atom. The van der Waals surface area contributed by atoms with Gasteiger partial charge in [-0.1, -0.05) is 26.0 Å². The van der Waals surface area contributed by atoms with Crippen molar-refractivity contribution in [1.29, 1.82) is 0 Å². The third kappa shape index (κ3) is 3.39. The summed E-state index contributed by atoms with van der Waals surface area (Å²) in [5, 5.41) is 3.25. The van der Waals surface area contributed by atoms with Crippen LogP contribution in [-0.2, 0) is 9.84 Å². The number of para-hydroxylation sites is 1. The highest BCUT2D eigenvalue weighted by atomic mass is 35.5. The van der Waals surface area contributed by atoms with E-state index in [0.717, 1.165) is 6.42 Å². The summed E-state index contributed by atoms with van der Waals surface area (Å²) < 4.78 is 24.0. The zero-order valence-electron chi connectivity index (χ0n) is 11.0. The highest BCUT2D eigenvalue weighted by Gasteiger charge is 2.24. The van der Waals surface area contributed by atoms with E-state index in [9.17, 15) is 8.42 Å². The lowest BCUT2D eigenvalue weighted by Gasteiger charge is -2.29. The third-order valence-electron chi connectivity index (χ3n) is 3.11. The van der Waals surface area contributed by atoms with E-state index in [4.69, 9.17) is 11.6 Å². The van der Waals surface area contributed by atoms with Crippen LogP contribution < -0.4 is 5.32 Å². The van der Waals surface area contributed by atoms with E-state index in [0.29, 0.717) is 16.5 Å². The fourth-order valence-corrected chi connectivity index (χ4v) is 2.84. The largest absolute Gasteiger partial charge is 0.378 e. The first-order valence-electron chi connectivity index (χ1n) is 6.04. The molecule has 0 radical (unpaired) electrons. The summed E-state index contributed by atoms with van der Waals surface area (Å²) in [6.07, 6.45) is 0.816. The van der Waals surface area contributed by atoms with Crippen molar-refractivity contribution >= 4 is 27.1 Å². The van der Waals surface area contributed by atoms with E-state index in [1.807, 2.05) is 19.9 Å². The molecular formula is C13H20ClNO2S. The first-order chi connectivity index (χ1) is 8.38. The van der Waals surface area contributed by atoms with Crippen molar-refractivity contribution in [3.8, 4) is 0 Å². The van der Waals surface area contributed by atoms with Crippen molar-refractivity contribution in [3.05, 3.63) is 24.3 Å². The molecule has 1 aromatic rings. The van der Waals surface area contributed by atoms with Crippen LogP contribution in [0.25, 0.3) is 0 Å². The molecule has 0 spiro atoms. The average molecular weight is 290 g/mol. The first kappa shape index (κ1) is 15.3. The number of alkyl halides is 1. The van der Waals surface area contributed by atoms with Crippen LogP contribution in [0, 0.1) is 0 Å². The van der Waals surface area contributed by atoms with Crippen molar-refractivity contribution in [1.82, 2.24) is 0 Å². The van der Waals surface area contributed by atoms with Gasteiger partial charge >= 0.3 is 0 Å². The van der Waals surface area contributed by atoms with Crippen LogP contribution in [0.2, 0.25) is 0 Å². The van der Waals surface area contributed by atoms with Crippen molar-refractivity contribution < 1.29 is 8.42 Å². The molecule has 0 bridgehead atoms. The number of halogens is 1. The number of sulfone groups is 1. The Labute approximate surface area is 114 Å².